The summed E-state index contributed by atoms with van der Waals surface area (Å²) >= 11 is 0. The second-order valence-corrected chi connectivity index (χ2v) is 6.39. The minimum atomic E-state index is -0.223. The Morgan fingerprint density at radius 1 is 1.24 bits per heavy atom. The number of rotatable bonds is 3. The zero-order valence-corrected chi connectivity index (χ0v) is 13.2. The van der Waals surface area contributed by atoms with Crippen molar-refractivity contribution in [3.63, 3.8) is 0 Å². The first-order valence-electron chi connectivity index (χ1n) is 7.12. The maximum atomic E-state index is 12.0. The van der Waals surface area contributed by atoms with Crippen LogP contribution in [0.3, 0.4) is 0 Å². The molecule has 4 heteroatoms. The minimum absolute atomic E-state index is 0.0801. The standard InChI is InChI=1S/C17H22N2O2/c1-11-10-15(19-21-11)16(20)18-12(2)13-6-8-14(9-7-13)17(3,4)5/h6-10,12H,1-5H3,(H,18,20)/t12-/m1/s1. The van der Waals surface area contributed by atoms with E-state index >= 15 is 0 Å². The molecule has 0 saturated heterocycles. The molecule has 0 aliphatic rings. The summed E-state index contributed by atoms with van der Waals surface area (Å²) in [7, 11) is 0. The van der Waals surface area contributed by atoms with Crippen LogP contribution in [-0.4, -0.2) is 11.1 Å². The van der Waals surface area contributed by atoms with Crippen molar-refractivity contribution in [2.24, 2.45) is 0 Å². The predicted octanol–water partition coefficient (Wildman–Crippen LogP) is 3.77. The third-order valence-corrected chi connectivity index (χ3v) is 3.48. The van der Waals surface area contributed by atoms with E-state index in [-0.39, 0.29) is 17.4 Å². The number of amides is 1. The normalized spacial score (nSPS) is 13.0. The zero-order chi connectivity index (χ0) is 15.6. The first-order chi connectivity index (χ1) is 9.77. The van der Waals surface area contributed by atoms with Crippen molar-refractivity contribution in [2.75, 3.05) is 0 Å². The zero-order valence-electron chi connectivity index (χ0n) is 13.2. The molecule has 1 amide bonds. The van der Waals surface area contributed by atoms with Crippen LogP contribution in [0.4, 0.5) is 0 Å². The molecule has 0 spiro atoms. The van der Waals surface area contributed by atoms with E-state index in [2.05, 4.69) is 55.5 Å². The lowest BCUT2D eigenvalue weighted by atomic mass is 9.86. The molecule has 0 unspecified atom stereocenters. The molecule has 1 heterocycles. The lowest BCUT2D eigenvalue weighted by Crippen LogP contribution is -2.27. The van der Waals surface area contributed by atoms with Gasteiger partial charge in [0.2, 0.25) is 0 Å². The van der Waals surface area contributed by atoms with Gasteiger partial charge in [-0.3, -0.25) is 4.79 Å². The van der Waals surface area contributed by atoms with Gasteiger partial charge in [-0.15, -0.1) is 0 Å². The average Bonchev–Trinajstić information content (AvgIpc) is 2.84. The van der Waals surface area contributed by atoms with Crippen molar-refractivity contribution in [1.29, 1.82) is 0 Å². The van der Waals surface area contributed by atoms with Gasteiger partial charge in [0.1, 0.15) is 5.76 Å². The Balaban J connectivity index is 2.06. The highest BCUT2D eigenvalue weighted by atomic mass is 16.5. The van der Waals surface area contributed by atoms with Gasteiger partial charge in [0.15, 0.2) is 5.69 Å². The molecular formula is C17H22N2O2. The van der Waals surface area contributed by atoms with Crippen molar-refractivity contribution >= 4 is 5.91 Å². The highest BCUT2D eigenvalue weighted by Crippen LogP contribution is 2.24. The van der Waals surface area contributed by atoms with Gasteiger partial charge < -0.3 is 9.84 Å². The van der Waals surface area contributed by atoms with Gasteiger partial charge in [-0.05, 0) is 30.4 Å². The smallest absolute Gasteiger partial charge is 0.273 e. The number of carbonyl (C=O) groups is 1. The Morgan fingerprint density at radius 3 is 2.33 bits per heavy atom. The Labute approximate surface area is 125 Å². The third kappa shape index (κ3) is 3.72. The maximum Gasteiger partial charge on any atom is 0.273 e. The summed E-state index contributed by atoms with van der Waals surface area (Å²) < 4.78 is 4.92. The van der Waals surface area contributed by atoms with Crippen LogP contribution in [-0.2, 0) is 5.41 Å². The molecule has 1 atom stereocenters. The Kier molecular flexibility index (Phi) is 4.16. The molecule has 0 fully saturated rings. The van der Waals surface area contributed by atoms with Gasteiger partial charge in [0.25, 0.3) is 5.91 Å². The summed E-state index contributed by atoms with van der Waals surface area (Å²) in [5, 5.41) is 6.64. The third-order valence-electron chi connectivity index (χ3n) is 3.48. The van der Waals surface area contributed by atoms with E-state index in [0.29, 0.717) is 11.5 Å². The molecule has 0 saturated carbocycles. The molecule has 2 rings (SSSR count). The second-order valence-electron chi connectivity index (χ2n) is 6.39. The highest BCUT2D eigenvalue weighted by Gasteiger charge is 2.16. The average molecular weight is 286 g/mol. The van der Waals surface area contributed by atoms with Gasteiger partial charge in [-0.25, -0.2) is 0 Å². The summed E-state index contributed by atoms with van der Waals surface area (Å²) in [5.74, 6) is 0.404. The molecule has 1 aromatic heterocycles. The SMILES string of the molecule is Cc1cc(C(=O)N[C@H](C)c2ccc(C(C)(C)C)cc2)no1. The molecule has 1 aromatic carbocycles. The molecule has 2 aromatic rings. The van der Waals surface area contributed by atoms with Gasteiger partial charge in [0.05, 0.1) is 6.04 Å². The van der Waals surface area contributed by atoms with E-state index in [1.54, 1.807) is 13.0 Å². The number of carbonyl (C=O) groups excluding carboxylic acids is 1. The summed E-state index contributed by atoms with van der Waals surface area (Å²) in [6.07, 6.45) is 0. The minimum Gasteiger partial charge on any atom is -0.361 e. The first kappa shape index (κ1) is 15.3. The van der Waals surface area contributed by atoms with Crippen LogP contribution in [0.1, 0.15) is 61.1 Å². The van der Waals surface area contributed by atoms with Gasteiger partial charge in [0, 0.05) is 6.07 Å². The number of hydrogen-bond donors (Lipinski definition) is 1. The first-order valence-corrected chi connectivity index (χ1v) is 7.12. The number of aromatic nitrogens is 1. The van der Waals surface area contributed by atoms with E-state index in [4.69, 9.17) is 4.52 Å². The molecule has 0 aliphatic carbocycles. The fourth-order valence-electron chi connectivity index (χ4n) is 2.10. The molecule has 0 radical (unpaired) electrons. The largest absolute Gasteiger partial charge is 0.361 e. The summed E-state index contributed by atoms with van der Waals surface area (Å²) in [6.45, 7) is 10.3. The molecule has 112 valence electrons. The molecule has 1 N–H and O–H groups in total. The summed E-state index contributed by atoms with van der Waals surface area (Å²) in [6, 6.07) is 9.88. The van der Waals surface area contributed by atoms with Crippen LogP contribution in [0.5, 0.6) is 0 Å². The number of hydrogen-bond acceptors (Lipinski definition) is 3. The van der Waals surface area contributed by atoms with Crippen LogP contribution < -0.4 is 5.32 Å². The monoisotopic (exact) mass is 286 g/mol. The van der Waals surface area contributed by atoms with Crippen LogP contribution in [0.15, 0.2) is 34.9 Å². The maximum absolute atomic E-state index is 12.0. The van der Waals surface area contributed by atoms with Crippen molar-refractivity contribution < 1.29 is 9.32 Å². The van der Waals surface area contributed by atoms with E-state index < -0.39 is 0 Å². The summed E-state index contributed by atoms with van der Waals surface area (Å²) in [5.41, 5.74) is 2.78. The van der Waals surface area contributed by atoms with Crippen molar-refractivity contribution in [2.45, 2.75) is 46.1 Å². The Morgan fingerprint density at radius 2 is 1.86 bits per heavy atom. The van der Waals surface area contributed by atoms with Gasteiger partial charge in [-0.2, -0.15) is 0 Å². The van der Waals surface area contributed by atoms with Crippen molar-refractivity contribution in [1.82, 2.24) is 10.5 Å². The van der Waals surface area contributed by atoms with Crippen LogP contribution in [0, 0.1) is 6.92 Å². The van der Waals surface area contributed by atoms with Gasteiger partial charge >= 0.3 is 0 Å². The van der Waals surface area contributed by atoms with E-state index in [1.807, 2.05) is 6.92 Å². The lowest BCUT2D eigenvalue weighted by Gasteiger charge is -2.20. The fourth-order valence-corrected chi connectivity index (χ4v) is 2.10. The Hall–Kier alpha value is -2.10. The molecule has 0 aliphatic heterocycles. The lowest BCUT2D eigenvalue weighted by molar-refractivity contribution is 0.0930. The molecular weight excluding hydrogens is 264 g/mol. The van der Waals surface area contributed by atoms with Crippen LogP contribution in [0.2, 0.25) is 0 Å². The van der Waals surface area contributed by atoms with E-state index in [9.17, 15) is 4.79 Å². The molecule has 21 heavy (non-hydrogen) atoms. The van der Waals surface area contributed by atoms with Crippen molar-refractivity contribution in [3.05, 3.63) is 52.9 Å². The van der Waals surface area contributed by atoms with E-state index in [0.717, 1.165) is 5.56 Å². The van der Waals surface area contributed by atoms with Gasteiger partial charge in [-0.1, -0.05) is 50.2 Å². The number of benzene rings is 1. The number of nitrogens with one attached hydrogen (secondary N) is 1. The number of aryl methyl sites for hydroxylation is 1. The quantitative estimate of drug-likeness (QED) is 0.934. The van der Waals surface area contributed by atoms with Crippen LogP contribution >= 0.6 is 0 Å². The predicted molar refractivity (Wildman–Crippen MR) is 82.3 cm³/mol. The Bertz CT molecular complexity index is 621. The number of nitrogens with zero attached hydrogens (tertiary/aromatic N) is 1. The topological polar surface area (TPSA) is 55.1 Å². The van der Waals surface area contributed by atoms with Crippen molar-refractivity contribution in [3.8, 4) is 0 Å². The highest BCUT2D eigenvalue weighted by molar-refractivity contribution is 5.92. The fraction of sp³-hybridized carbons (Fsp3) is 0.412. The molecule has 4 nitrogen and oxygen atoms in total. The second kappa shape index (κ2) is 5.72. The van der Waals surface area contributed by atoms with Crippen LogP contribution in [0.25, 0.3) is 0 Å². The molecule has 0 bridgehead atoms. The van der Waals surface area contributed by atoms with E-state index in [1.165, 1.54) is 5.56 Å². The summed E-state index contributed by atoms with van der Waals surface area (Å²) in [4.78, 5) is 12.0.